The first-order valence-electron chi connectivity index (χ1n) is 8.12. The molecule has 6 heteroatoms. The molecule has 0 fully saturated rings. The second kappa shape index (κ2) is 8.45. The van der Waals surface area contributed by atoms with Gasteiger partial charge < -0.3 is 5.32 Å². The van der Waals surface area contributed by atoms with Crippen LogP contribution >= 0.6 is 22.9 Å². The normalized spacial score (nSPS) is 12.0. The fourth-order valence-electron chi connectivity index (χ4n) is 2.63. The summed E-state index contributed by atoms with van der Waals surface area (Å²) in [6.45, 7) is 1.98. The van der Waals surface area contributed by atoms with Gasteiger partial charge in [-0.15, -0.1) is 11.3 Å². The zero-order valence-electron chi connectivity index (χ0n) is 14.1. The van der Waals surface area contributed by atoms with Gasteiger partial charge in [0.05, 0.1) is 12.6 Å². The Morgan fingerprint density at radius 2 is 1.92 bits per heavy atom. The van der Waals surface area contributed by atoms with E-state index in [2.05, 4.69) is 10.6 Å². The molecule has 26 heavy (non-hydrogen) atoms. The molecule has 0 aliphatic carbocycles. The summed E-state index contributed by atoms with van der Waals surface area (Å²) < 4.78 is 13.2. The lowest BCUT2D eigenvalue weighted by molar-refractivity contribution is -0.115. The Morgan fingerprint density at radius 3 is 2.62 bits per heavy atom. The number of rotatable bonds is 6. The molecule has 1 amide bonds. The molecule has 0 aliphatic rings. The van der Waals surface area contributed by atoms with E-state index in [0.29, 0.717) is 10.7 Å². The van der Waals surface area contributed by atoms with Gasteiger partial charge in [0.1, 0.15) is 5.82 Å². The maximum absolute atomic E-state index is 13.2. The smallest absolute Gasteiger partial charge is 0.238 e. The minimum atomic E-state index is -0.284. The molecule has 1 aromatic heterocycles. The molecule has 0 saturated heterocycles. The molecule has 0 spiro atoms. The quantitative estimate of drug-likeness (QED) is 0.611. The summed E-state index contributed by atoms with van der Waals surface area (Å²) in [5, 5.41) is 8.71. The fraction of sp³-hybridized carbons (Fsp3) is 0.150. The highest BCUT2D eigenvalue weighted by Gasteiger charge is 2.16. The van der Waals surface area contributed by atoms with Gasteiger partial charge in [-0.25, -0.2) is 4.39 Å². The lowest BCUT2D eigenvalue weighted by atomic mass is 10.1. The van der Waals surface area contributed by atoms with E-state index in [1.807, 2.05) is 30.5 Å². The Bertz CT molecular complexity index is 881. The van der Waals surface area contributed by atoms with Crippen LogP contribution in [0.15, 0.2) is 60.0 Å². The molecule has 2 aromatic carbocycles. The molecule has 3 rings (SSSR count). The Balaban J connectivity index is 1.70. The summed E-state index contributed by atoms with van der Waals surface area (Å²) in [6, 6.07) is 15.5. The Morgan fingerprint density at radius 1 is 1.15 bits per heavy atom. The molecule has 1 unspecified atom stereocenters. The highest BCUT2D eigenvalue weighted by atomic mass is 35.5. The predicted octanol–water partition coefficient (Wildman–Crippen LogP) is 5.17. The third-order valence-corrected chi connectivity index (χ3v) is 5.39. The predicted molar refractivity (Wildman–Crippen MR) is 105 cm³/mol. The molecular weight excluding hydrogens is 371 g/mol. The summed E-state index contributed by atoms with van der Waals surface area (Å²) in [6.07, 6.45) is 0. The van der Waals surface area contributed by atoms with Crippen LogP contribution in [-0.4, -0.2) is 12.5 Å². The number of hydrogen-bond acceptors (Lipinski definition) is 3. The molecule has 0 bridgehead atoms. The number of carbonyl (C=O) groups excluding carboxylic acids is 1. The van der Waals surface area contributed by atoms with Crippen molar-refractivity contribution < 1.29 is 9.18 Å². The van der Waals surface area contributed by atoms with Crippen LogP contribution in [0.3, 0.4) is 0 Å². The molecule has 0 saturated carbocycles. The van der Waals surface area contributed by atoms with Crippen molar-refractivity contribution in [1.82, 2.24) is 5.32 Å². The van der Waals surface area contributed by atoms with Gasteiger partial charge in [-0.3, -0.25) is 10.1 Å². The molecule has 134 valence electrons. The first-order chi connectivity index (χ1) is 12.5. The van der Waals surface area contributed by atoms with E-state index in [9.17, 15) is 9.18 Å². The highest BCUT2D eigenvalue weighted by molar-refractivity contribution is 7.10. The number of amides is 1. The van der Waals surface area contributed by atoms with Crippen molar-refractivity contribution in [1.29, 1.82) is 0 Å². The zero-order chi connectivity index (χ0) is 18.5. The van der Waals surface area contributed by atoms with Crippen LogP contribution in [0, 0.1) is 12.7 Å². The van der Waals surface area contributed by atoms with Crippen LogP contribution in [0.5, 0.6) is 0 Å². The SMILES string of the molecule is Cc1c(Cl)cccc1NC(=O)CNC(c1ccc(F)cc1)c1cccs1. The Labute approximate surface area is 160 Å². The summed E-state index contributed by atoms with van der Waals surface area (Å²) in [5.74, 6) is -0.452. The van der Waals surface area contributed by atoms with Gasteiger partial charge in [0, 0.05) is 15.6 Å². The number of hydrogen-bond donors (Lipinski definition) is 2. The van der Waals surface area contributed by atoms with Gasteiger partial charge in [-0.1, -0.05) is 35.9 Å². The van der Waals surface area contributed by atoms with Crippen LogP contribution in [0.1, 0.15) is 22.0 Å². The maximum atomic E-state index is 13.2. The number of nitrogens with one attached hydrogen (secondary N) is 2. The summed E-state index contributed by atoms with van der Waals surface area (Å²) in [5.41, 5.74) is 2.43. The van der Waals surface area contributed by atoms with Crippen molar-refractivity contribution in [2.75, 3.05) is 11.9 Å². The monoisotopic (exact) mass is 388 g/mol. The molecular formula is C20H18ClFN2OS. The van der Waals surface area contributed by atoms with Crippen molar-refractivity contribution in [3.05, 3.63) is 86.8 Å². The summed E-state index contributed by atoms with van der Waals surface area (Å²) in [7, 11) is 0. The summed E-state index contributed by atoms with van der Waals surface area (Å²) >= 11 is 7.67. The van der Waals surface area contributed by atoms with E-state index < -0.39 is 0 Å². The van der Waals surface area contributed by atoms with Gasteiger partial charge in [0.15, 0.2) is 0 Å². The van der Waals surface area contributed by atoms with Gasteiger partial charge in [-0.05, 0) is 53.8 Å². The number of anilines is 1. The molecule has 1 heterocycles. The van der Waals surface area contributed by atoms with Crippen LogP contribution in [0.25, 0.3) is 0 Å². The lowest BCUT2D eigenvalue weighted by Crippen LogP contribution is -2.31. The number of carbonyl (C=O) groups is 1. The van der Waals surface area contributed by atoms with Crippen LogP contribution in [0.2, 0.25) is 5.02 Å². The molecule has 0 aliphatic heterocycles. The fourth-order valence-corrected chi connectivity index (χ4v) is 3.63. The van der Waals surface area contributed by atoms with Crippen molar-refractivity contribution in [2.45, 2.75) is 13.0 Å². The topological polar surface area (TPSA) is 41.1 Å². The van der Waals surface area contributed by atoms with Crippen molar-refractivity contribution in [3.8, 4) is 0 Å². The minimum absolute atomic E-state index is 0.117. The summed E-state index contributed by atoms with van der Waals surface area (Å²) in [4.78, 5) is 13.4. The largest absolute Gasteiger partial charge is 0.325 e. The van der Waals surface area contributed by atoms with E-state index in [0.717, 1.165) is 16.0 Å². The van der Waals surface area contributed by atoms with Gasteiger partial charge in [0.2, 0.25) is 5.91 Å². The van der Waals surface area contributed by atoms with Gasteiger partial charge >= 0.3 is 0 Å². The van der Waals surface area contributed by atoms with E-state index in [1.165, 1.54) is 12.1 Å². The highest BCUT2D eigenvalue weighted by Crippen LogP contribution is 2.26. The van der Waals surface area contributed by atoms with E-state index in [-0.39, 0.29) is 24.3 Å². The maximum Gasteiger partial charge on any atom is 0.238 e. The minimum Gasteiger partial charge on any atom is -0.325 e. The van der Waals surface area contributed by atoms with Crippen molar-refractivity contribution in [2.24, 2.45) is 0 Å². The second-order valence-electron chi connectivity index (χ2n) is 5.84. The number of thiophene rings is 1. The molecule has 3 nitrogen and oxygen atoms in total. The third-order valence-electron chi connectivity index (χ3n) is 4.04. The first-order valence-corrected chi connectivity index (χ1v) is 9.37. The van der Waals surface area contributed by atoms with Crippen LogP contribution < -0.4 is 10.6 Å². The second-order valence-corrected chi connectivity index (χ2v) is 7.23. The Hall–Kier alpha value is -2.21. The van der Waals surface area contributed by atoms with Crippen molar-refractivity contribution >= 4 is 34.5 Å². The average Bonchev–Trinajstić information content (AvgIpc) is 3.15. The van der Waals surface area contributed by atoms with Gasteiger partial charge in [0.25, 0.3) is 0 Å². The lowest BCUT2D eigenvalue weighted by Gasteiger charge is -2.18. The Kier molecular flexibility index (Phi) is 6.04. The van der Waals surface area contributed by atoms with E-state index in [4.69, 9.17) is 11.6 Å². The first kappa shape index (κ1) is 18.6. The average molecular weight is 389 g/mol. The van der Waals surface area contributed by atoms with Crippen LogP contribution in [0.4, 0.5) is 10.1 Å². The standard InChI is InChI=1S/C20H18ClFN2OS/c1-13-16(21)4-2-5-17(13)24-19(25)12-23-20(18-6-3-11-26-18)14-7-9-15(22)10-8-14/h2-11,20,23H,12H2,1H3,(H,24,25). The van der Waals surface area contributed by atoms with E-state index in [1.54, 1.807) is 35.6 Å². The van der Waals surface area contributed by atoms with Gasteiger partial charge in [-0.2, -0.15) is 0 Å². The van der Waals surface area contributed by atoms with Crippen molar-refractivity contribution in [3.63, 3.8) is 0 Å². The molecule has 2 N–H and O–H groups in total. The van der Waals surface area contributed by atoms with E-state index >= 15 is 0 Å². The third kappa shape index (κ3) is 4.49. The molecule has 0 radical (unpaired) electrons. The number of benzene rings is 2. The molecule has 1 atom stereocenters. The molecule has 3 aromatic rings. The number of halogens is 2. The van der Waals surface area contributed by atoms with Crippen LogP contribution in [-0.2, 0) is 4.79 Å². The zero-order valence-corrected chi connectivity index (χ0v) is 15.7.